The second-order valence-electron chi connectivity index (χ2n) is 18.4. The number of hydrogen-bond donors (Lipinski definition) is 0. The molecule has 0 aliphatic heterocycles. The molecule has 0 atom stereocenters. The zero-order valence-electron chi connectivity index (χ0n) is 38.4. The number of para-hydroxylation sites is 2. The molecule has 0 aliphatic rings. The molecule has 3 heterocycles. The van der Waals surface area contributed by atoms with E-state index in [1.807, 2.05) is 42.5 Å². The van der Waals surface area contributed by atoms with Gasteiger partial charge in [0.1, 0.15) is 5.58 Å². The fourth-order valence-electron chi connectivity index (χ4n) is 8.94. The number of rotatable bonds is 9. The summed E-state index contributed by atoms with van der Waals surface area (Å²) < 4.78 is 8.80. The molecule has 11 aromatic rings. The summed E-state index contributed by atoms with van der Waals surface area (Å²) >= 11 is 0. The minimum absolute atomic E-state index is 0. The van der Waals surface area contributed by atoms with Gasteiger partial charge in [0.2, 0.25) is 0 Å². The van der Waals surface area contributed by atoms with E-state index in [9.17, 15) is 0 Å². The van der Waals surface area contributed by atoms with E-state index in [0.717, 1.165) is 73.3 Å². The number of pyridine rings is 1. The first kappa shape index (κ1) is 45.2. The van der Waals surface area contributed by atoms with Crippen molar-refractivity contribution in [3.05, 3.63) is 218 Å². The molecule has 1 radical (unpaired) electrons. The van der Waals surface area contributed by atoms with Crippen molar-refractivity contribution in [3.8, 4) is 61.7 Å². The van der Waals surface area contributed by atoms with E-state index in [0.29, 0.717) is 5.92 Å². The number of fused-ring (bicyclic) bond motifs is 4. The summed E-state index contributed by atoms with van der Waals surface area (Å²) in [7, 11) is -1.34. The van der Waals surface area contributed by atoms with E-state index in [-0.39, 0.29) is 20.1 Å². The van der Waals surface area contributed by atoms with E-state index < -0.39 is 8.07 Å². The average Bonchev–Trinajstić information content (AvgIpc) is 3.93. The van der Waals surface area contributed by atoms with Crippen LogP contribution in [0.1, 0.15) is 19.4 Å². The molecule has 0 aliphatic carbocycles. The molecule has 0 fully saturated rings. The second-order valence-corrected chi connectivity index (χ2v) is 23.4. The number of imidazole rings is 1. The number of benzene rings is 8. The first-order valence-corrected chi connectivity index (χ1v) is 26.3. The van der Waals surface area contributed by atoms with Crippen molar-refractivity contribution in [2.45, 2.75) is 39.9 Å². The Labute approximate surface area is 408 Å². The molecule has 3 aromatic heterocycles. The summed E-state index contributed by atoms with van der Waals surface area (Å²) in [6.45, 7) is 11.7. The maximum atomic E-state index is 6.59. The smallest absolute Gasteiger partial charge is 0.120 e. The van der Waals surface area contributed by atoms with Crippen molar-refractivity contribution in [3.63, 3.8) is 0 Å². The van der Waals surface area contributed by atoms with Crippen molar-refractivity contribution in [1.82, 2.24) is 14.5 Å². The van der Waals surface area contributed by atoms with Gasteiger partial charge in [-0.05, 0) is 93.0 Å². The van der Waals surface area contributed by atoms with Crippen LogP contribution in [0.4, 0.5) is 0 Å². The molecule has 0 bridgehead atoms. The van der Waals surface area contributed by atoms with Gasteiger partial charge in [0.15, 0.2) is 0 Å². The van der Waals surface area contributed by atoms with Crippen LogP contribution < -0.4 is 5.19 Å². The third-order valence-corrected chi connectivity index (χ3v) is 14.3. The maximum Gasteiger partial charge on any atom is 0.120 e. The Morgan fingerprint density at radius 2 is 1.18 bits per heavy atom. The minimum Gasteiger partial charge on any atom is -0.501 e. The van der Waals surface area contributed by atoms with Gasteiger partial charge in [-0.3, -0.25) is 4.98 Å². The zero-order valence-corrected chi connectivity index (χ0v) is 41.8. The molecule has 8 aromatic carbocycles. The number of aromatic nitrogens is 3. The molecule has 11 rings (SSSR count). The molecule has 0 saturated carbocycles. The second kappa shape index (κ2) is 19.5. The Balaban J connectivity index is 0.000000226. The fourth-order valence-corrected chi connectivity index (χ4v) is 10.5. The van der Waals surface area contributed by atoms with Crippen LogP contribution in [0, 0.1) is 18.1 Å². The number of hydrogen-bond acceptors (Lipinski definition) is 3. The van der Waals surface area contributed by atoms with Crippen molar-refractivity contribution in [2.75, 3.05) is 0 Å². The zero-order chi connectivity index (χ0) is 45.2. The largest absolute Gasteiger partial charge is 0.501 e. The van der Waals surface area contributed by atoms with Crippen LogP contribution in [0.25, 0.3) is 94.7 Å². The van der Waals surface area contributed by atoms with Crippen molar-refractivity contribution >= 4 is 46.2 Å². The van der Waals surface area contributed by atoms with Crippen LogP contribution in [-0.4, -0.2) is 22.6 Å². The molecule has 4 nitrogen and oxygen atoms in total. The minimum atomic E-state index is -1.34. The molecular weight excluding hydrogens is 1010 g/mol. The van der Waals surface area contributed by atoms with Gasteiger partial charge >= 0.3 is 0 Å². The van der Waals surface area contributed by atoms with Gasteiger partial charge in [-0.15, -0.1) is 54.1 Å². The summed E-state index contributed by atoms with van der Waals surface area (Å²) in [5.74, 6) is 1.47. The standard InChI is InChI=1S/C43H27N2O.C18H24NSi.Ir/c1-3-10-29(11-4-1)31-18-20-33(21-19-31)34-24-27-41-38(28-34)36-14-9-15-37(42(36)46-41)43-44-39-16-7-8-17-40(39)45(43)35-25-22-32(23-26-35)30-12-5-2-6-13-30;1-14(2)11-16-12-17(15-9-7-6-8-10-15)19-13-18(16)20(3,4)5;/h1-14,16-28H;6-9,12-14H,11H2,1-5H3;/q2*-1;. The van der Waals surface area contributed by atoms with Crippen molar-refractivity contribution < 1.29 is 24.5 Å². The monoisotopic (exact) mass is 1060 g/mol. The van der Waals surface area contributed by atoms with E-state index in [1.54, 1.807) is 0 Å². The van der Waals surface area contributed by atoms with Gasteiger partial charge in [0.25, 0.3) is 0 Å². The van der Waals surface area contributed by atoms with Gasteiger partial charge in [0.05, 0.1) is 30.5 Å². The van der Waals surface area contributed by atoms with Crippen LogP contribution in [0.2, 0.25) is 19.6 Å². The van der Waals surface area contributed by atoms with E-state index >= 15 is 0 Å². The van der Waals surface area contributed by atoms with Crippen molar-refractivity contribution in [2.24, 2.45) is 5.92 Å². The Morgan fingerprint density at radius 1 is 0.582 bits per heavy atom. The molecule has 0 spiro atoms. The van der Waals surface area contributed by atoms with Crippen LogP contribution in [0.15, 0.2) is 205 Å². The first-order chi connectivity index (χ1) is 32.2. The molecule has 331 valence electrons. The predicted octanol–water partition coefficient (Wildman–Crippen LogP) is 15.7. The third-order valence-electron chi connectivity index (χ3n) is 12.2. The van der Waals surface area contributed by atoms with Crippen LogP contribution in [0.3, 0.4) is 0 Å². The summed E-state index contributed by atoms with van der Waals surface area (Å²) in [4.78, 5) is 9.82. The summed E-state index contributed by atoms with van der Waals surface area (Å²) in [6, 6.07) is 74.2. The van der Waals surface area contributed by atoms with Crippen LogP contribution >= 0.6 is 0 Å². The Morgan fingerprint density at radius 3 is 1.82 bits per heavy atom. The quantitative estimate of drug-likeness (QED) is 0.107. The Hall–Kier alpha value is -6.95. The van der Waals surface area contributed by atoms with Gasteiger partial charge < -0.3 is 14.0 Å². The average molecular weight is 1060 g/mol. The molecule has 6 heteroatoms. The van der Waals surface area contributed by atoms with Crippen molar-refractivity contribution in [1.29, 1.82) is 0 Å². The maximum absolute atomic E-state index is 6.59. The predicted molar refractivity (Wildman–Crippen MR) is 279 cm³/mol. The normalized spacial score (nSPS) is 11.4. The van der Waals surface area contributed by atoms with E-state index in [4.69, 9.17) is 9.40 Å². The summed E-state index contributed by atoms with van der Waals surface area (Å²) in [6.07, 6.45) is 3.24. The molecule has 67 heavy (non-hydrogen) atoms. The molecule has 0 amide bonds. The third kappa shape index (κ3) is 9.52. The van der Waals surface area contributed by atoms with Gasteiger partial charge in [0, 0.05) is 37.4 Å². The van der Waals surface area contributed by atoms with E-state index in [2.05, 4.69) is 213 Å². The van der Waals surface area contributed by atoms with Gasteiger partial charge in [-0.2, -0.15) is 0 Å². The first-order valence-electron chi connectivity index (χ1n) is 22.8. The van der Waals surface area contributed by atoms with Gasteiger partial charge in [-0.25, -0.2) is 0 Å². The molecule has 0 saturated heterocycles. The SMILES string of the molecule is CC(C)Cc1cc(-c2[c-]cccc2)ncc1[Si](C)(C)C.[Ir].[c-]1ccc2c(oc3ccc(-c4ccc(-c5ccccc5)cc4)cc32)c1-c1nc2ccccc2n1-c1ccc(-c2ccccc2)cc1. The van der Waals surface area contributed by atoms with Gasteiger partial charge in [-0.1, -0.05) is 171 Å². The number of nitrogens with zero attached hydrogens (tertiary/aromatic N) is 3. The summed E-state index contributed by atoms with van der Waals surface area (Å²) in [5, 5.41) is 3.61. The Bertz CT molecular complexity index is 3430. The fraction of sp³-hybridized carbons (Fsp3) is 0.115. The Kier molecular flexibility index (Phi) is 13.1. The van der Waals surface area contributed by atoms with E-state index in [1.165, 1.54) is 38.6 Å². The summed E-state index contributed by atoms with van der Waals surface area (Å²) in [5.41, 5.74) is 16.2. The molecular formula is C61H51IrN3OSi-2. The molecule has 0 N–H and O–H groups in total. The van der Waals surface area contributed by atoms with Crippen LogP contribution in [0.5, 0.6) is 0 Å². The topological polar surface area (TPSA) is 43.9 Å². The molecule has 0 unspecified atom stereocenters. The van der Waals surface area contributed by atoms with Crippen LogP contribution in [-0.2, 0) is 26.5 Å². The number of furan rings is 1.